The number of carbonyl (C=O) groups excluding carboxylic acids is 2. The van der Waals surface area contributed by atoms with Gasteiger partial charge < -0.3 is 19.9 Å². The summed E-state index contributed by atoms with van der Waals surface area (Å²) in [4.78, 5) is 44.7. The fourth-order valence-electron chi connectivity index (χ4n) is 7.58. The van der Waals surface area contributed by atoms with Crippen molar-refractivity contribution in [3.8, 4) is 0 Å². The third kappa shape index (κ3) is 9.23. The van der Waals surface area contributed by atoms with Gasteiger partial charge in [0.05, 0.1) is 17.3 Å². The zero-order valence-electron chi connectivity index (χ0n) is 32.1. The second-order valence-corrected chi connectivity index (χ2v) is 18.8. The summed E-state index contributed by atoms with van der Waals surface area (Å²) in [7, 11) is -4.33. The Labute approximate surface area is 320 Å². The summed E-state index contributed by atoms with van der Waals surface area (Å²) in [5.41, 5.74) is 1.88. The van der Waals surface area contributed by atoms with Crippen molar-refractivity contribution in [1.29, 1.82) is 0 Å². The minimum Gasteiger partial charge on any atom is -0.444 e. The Morgan fingerprint density at radius 3 is 2.36 bits per heavy atom. The van der Waals surface area contributed by atoms with E-state index in [1.807, 2.05) is 33.0 Å². The molecule has 1 unspecified atom stereocenters. The quantitative estimate of drug-likeness (QED) is 0.271. The van der Waals surface area contributed by atoms with Crippen LogP contribution in [0.5, 0.6) is 0 Å². The van der Waals surface area contributed by atoms with Crippen molar-refractivity contribution in [3.05, 3.63) is 71.2 Å². The van der Waals surface area contributed by atoms with Crippen molar-refractivity contribution in [2.45, 2.75) is 121 Å². The van der Waals surface area contributed by atoms with Gasteiger partial charge in [0, 0.05) is 42.5 Å². The molecule has 0 radical (unpaired) electrons. The number of halogens is 1. The number of anilines is 2. The number of likely N-dealkylation sites (tertiary alicyclic amines) is 1. The highest BCUT2D eigenvalue weighted by Crippen LogP contribution is 2.41. The molecule has 6 rings (SSSR count). The number of ether oxygens (including phenoxy) is 1. The van der Waals surface area contributed by atoms with Crippen LogP contribution in [0.1, 0.15) is 127 Å². The van der Waals surface area contributed by atoms with Gasteiger partial charge in [0.25, 0.3) is 15.9 Å². The fourth-order valence-corrected chi connectivity index (χ4v) is 8.52. The van der Waals surface area contributed by atoms with Gasteiger partial charge in [-0.3, -0.25) is 9.78 Å². The number of piperidine rings is 1. The zero-order valence-corrected chi connectivity index (χ0v) is 33.7. The molecule has 12 nitrogen and oxygen atoms in total. The van der Waals surface area contributed by atoms with Gasteiger partial charge in [-0.2, -0.15) is 8.42 Å². The Hall–Kier alpha value is -3.97. The van der Waals surface area contributed by atoms with Crippen LogP contribution >= 0.6 is 12.4 Å². The highest BCUT2D eigenvalue weighted by Gasteiger charge is 2.42. The lowest BCUT2D eigenvalue weighted by Crippen LogP contribution is -2.41. The molecule has 0 aromatic carbocycles. The third-order valence-electron chi connectivity index (χ3n) is 10.3. The predicted molar refractivity (Wildman–Crippen MR) is 208 cm³/mol. The molecular formula is C39H54ClN7O5S. The van der Waals surface area contributed by atoms with E-state index in [1.54, 1.807) is 29.2 Å². The van der Waals surface area contributed by atoms with Gasteiger partial charge in [-0.1, -0.05) is 26.8 Å². The molecule has 288 valence electrons. The maximum atomic E-state index is 13.8. The first-order valence-electron chi connectivity index (χ1n) is 18.3. The molecule has 2 saturated heterocycles. The Bertz CT molecular complexity index is 1930. The van der Waals surface area contributed by atoms with Crippen LogP contribution in [0.4, 0.5) is 16.4 Å². The first-order chi connectivity index (χ1) is 24.3. The van der Waals surface area contributed by atoms with Crippen molar-refractivity contribution in [3.63, 3.8) is 0 Å². The van der Waals surface area contributed by atoms with E-state index in [0.29, 0.717) is 31.3 Å². The number of nitrogens with one attached hydrogen (secondary N) is 2. The number of aromatic nitrogens is 3. The summed E-state index contributed by atoms with van der Waals surface area (Å²) in [5.74, 6) is 0.661. The SMILES string of the molecule is CC(C)(C)OC(=O)N1CCC(c2ccnc(C3CC[C@@H]4CN(c5nc(C(C)(C)C)ccc5C(=O)NS(=O)(=O)c5cccc(n5)N3)C(C)(C)C4)c2)CC1.Cl. The molecule has 3 aromatic heterocycles. The minimum absolute atomic E-state index is 0. The normalized spacial score (nSPS) is 21.9. The molecule has 2 N–H and O–H groups in total. The average molecular weight is 768 g/mol. The number of sulfonamides is 1. The van der Waals surface area contributed by atoms with E-state index < -0.39 is 21.5 Å². The fraction of sp³-hybridized carbons (Fsp3) is 0.564. The molecule has 3 aromatic rings. The molecule has 4 bridgehead atoms. The lowest BCUT2D eigenvalue weighted by Gasteiger charge is -2.34. The molecule has 0 saturated carbocycles. The molecule has 0 spiro atoms. The third-order valence-corrected chi connectivity index (χ3v) is 11.5. The first kappa shape index (κ1) is 40.2. The standard InChI is InChI=1S/C39H53N7O5S.ClH/c1-37(2,3)31-15-13-28-34(42-31)46-24-25(23-39(46,7)8)12-14-29(41-32-10-9-11-33(43-32)52(49,50)44-35(28)47)30-22-27(16-19-40-30)26-17-20-45(21-18-26)36(48)51-38(4,5)6;/h9-11,13,15-16,19,22,25-26,29H,12,14,17-18,20-21,23-24H2,1-8H3,(H,41,43)(H,44,47);1H/t25-,29?;/m0./s1. The van der Waals surface area contributed by atoms with Crippen LogP contribution in [0.15, 0.2) is 53.7 Å². The molecule has 0 aliphatic carbocycles. The summed E-state index contributed by atoms with van der Waals surface area (Å²) in [6.45, 7) is 18.0. The van der Waals surface area contributed by atoms with E-state index in [0.717, 1.165) is 49.1 Å². The van der Waals surface area contributed by atoms with E-state index in [2.05, 4.69) is 60.6 Å². The lowest BCUT2D eigenvalue weighted by molar-refractivity contribution is 0.0204. The van der Waals surface area contributed by atoms with E-state index in [1.165, 1.54) is 6.07 Å². The Balaban J connectivity index is 0.00000541. The van der Waals surface area contributed by atoms with E-state index in [-0.39, 0.29) is 57.9 Å². The predicted octanol–water partition coefficient (Wildman–Crippen LogP) is 7.38. The van der Waals surface area contributed by atoms with Crippen LogP contribution in [0.2, 0.25) is 0 Å². The first-order valence-corrected chi connectivity index (χ1v) is 19.8. The summed E-state index contributed by atoms with van der Waals surface area (Å²) in [5, 5.41) is 3.24. The second-order valence-electron chi connectivity index (χ2n) is 17.1. The molecule has 3 aliphatic heterocycles. The number of carbonyl (C=O) groups is 2. The minimum atomic E-state index is -4.33. The molecule has 53 heavy (non-hydrogen) atoms. The van der Waals surface area contributed by atoms with Crippen molar-refractivity contribution < 1.29 is 22.7 Å². The summed E-state index contributed by atoms with van der Waals surface area (Å²) in [6.07, 6.45) is 5.64. The topological polar surface area (TPSA) is 147 Å². The van der Waals surface area contributed by atoms with E-state index in [4.69, 9.17) is 14.7 Å². The molecule has 2 atom stereocenters. The van der Waals surface area contributed by atoms with Crippen LogP contribution in [-0.4, -0.2) is 71.0 Å². The van der Waals surface area contributed by atoms with Crippen LogP contribution < -0.4 is 14.9 Å². The summed E-state index contributed by atoms with van der Waals surface area (Å²) >= 11 is 0. The van der Waals surface area contributed by atoms with E-state index in [9.17, 15) is 18.0 Å². The smallest absolute Gasteiger partial charge is 0.410 e. The number of amides is 2. The van der Waals surface area contributed by atoms with Crippen molar-refractivity contribution >= 4 is 46.1 Å². The molecule has 3 aliphatic rings. The Morgan fingerprint density at radius 2 is 1.68 bits per heavy atom. The monoisotopic (exact) mass is 767 g/mol. The van der Waals surface area contributed by atoms with Crippen LogP contribution in [-0.2, 0) is 20.2 Å². The lowest BCUT2D eigenvalue weighted by atomic mass is 9.88. The largest absolute Gasteiger partial charge is 0.444 e. The van der Waals surface area contributed by atoms with Crippen LogP contribution in [0.3, 0.4) is 0 Å². The van der Waals surface area contributed by atoms with Gasteiger partial charge in [-0.25, -0.2) is 19.5 Å². The molecule has 2 fully saturated rings. The maximum Gasteiger partial charge on any atom is 0.410 e. The van der Waals surface area contributed by atoms with Crippen molar-refractivity contribution in [2.75, 3.05) is 29.9 Å². The highest BCUT2D eigenvalue weighted by atomic mass is 35.5. The Morgan fingerprint density at radius 1 is 0.962 bits per heavy atom. The number of pyridine rings is 3. The molecule has 14 heteroatoms. The van der Waals surface area contributed by atoms with Gasteiger partial charge >= 0.3 is 6.09 Å². The second kappa shape index (κ2) is 15.0. The van der Waals surface area contributed by atoms with Crippen LogP contribution in [0.25, 0.3) is 0 Å². The Kier molecular flexibility index (Phi) is 11.4. The molecular weight excluding hydrogens is 714 g/mol. The highest BCUT2D eigenvalue weighted by molar-refractivity contribution is 7.90. The number of rotatable bonds is 2. The van der Waals surface area contributed by atoms with Crippen LogP contribution in [0, 0.1) is 5.92 Å². The van der Waals surface area contributed by atoms with Crippen molar-refractivity contribution in [2.24, 2.45) is 5.92 Å². The number of hydrogen-bond donors (Lipinski definition) is 2. The van der Waals surface area contributed by atoms with Crippen molar-refractivity contribution in [1.82, 2.24) is 24.6 Å². The zero-order chi connectivity index (χ0) is 37.6. The number of nitrogens with zero attached hydrogens (tertiary/aromatic N) is 5. The van der Waals surface area contributed by atoms with E-state index >= 15 is 0 Å². The maximum absolute atomic E-state index is 13.8. The van der Waals surface area contributed by atoms with Gasteiger partial charge in [-0.05, 0) is 121 Å². The van der Waals surface area contributed by atoms with Gasteiger partial charge in [0.2, 0.25) is 0 Å². The summed E-state index contributed by atoms with van der Waals surface area (Å²) < 4.78 is 35.2. The van der Waals surface area contributed by atoms with Gasteiger partial charge in [0.1, 0.15) is 17.2 Å². The van der Waals surface area contributed by atoms with Gasteiger partial charge in [0.15, 0.2) is 5.03 Å². The number of fused-ring (bicyclic) bond motifs is 6. The number of hydrogen-bond acceptors (Lipinski definition) is 10. The molecule has 6 heterocycles. The van der Waals surface area contributed by atoms with Gasteiger partial charge in [-0.15, -0.1) is 12.4 Å². The average Bonchev–Trinajstić information content (AvgIpc) is 3.38. The molecule has 2 amide bonds. The summed E-state index contributed by atoms with van der Waals surface area (Å²) in [6, 6.07) is 12.2.